The van der Waals surface area contributed by atoms with Crippen LogP contribution in [0.4, 0.5) is 14.5 Å². The van der Waals surface area contributed by atoms with E-state index in [-0.39, 0.29) is 16.7 Å². The molecule has 0 spiro atoms. The molecule has 126 valence electrons. The highest BCUT2D eigenvalue weighted by Crippen LogP contribution is 2.26. The van der Waals surface area contributed by atoms with E-state index in [0.717, 1.165) is 0 Å². The molecule has 0 bridgehead atoms. The summed E-state index contributed by atoms with van der Waals surface area (Å²) in [6.45, 7) is 3.20. The molecule has 0 aromatic heterocycles. The molecule has 1 atom stereocenters. The normalized spacial score (nSPS) is 18.9. The van der Waals surface area contributed by atoms with E-state index in [2.05, 4.69) is 0 Å². The molecule has 1 saturated heterocycles. The molecule has 1 fully saturated rings. The molecule has 24 heavy (non-hydrogen) atoms. The minimum Gasteiger partial charge on any atom is -0.310 e. The van der Waals surface area contributed by atoms with Crippen LogP contribution in [0.1, 0.15) is 12.5 Å². The zero-order valence-corrected chi connectivity index (χ0v) is 13.9. The van der Waals surface area contributed by atoms with Crippen LogP contribution in [-0.4, -0.2) is 29.9 Å². The van der Waals surface area contributed by atoms with Crippen molar-refractivity contribution in [3.05, 3.63) is 64.7 Å². The van der Waals surface area contributed by atoms with E-state index in [9.17, 15) is 13.6 Å². The molecular formula is C18H17ClF2N2O. The third kappa shape index (κ3) is 3.28. The summed E-state index contributed by atoms with van der Waals surface area (Å²) in [5, 5.41) is -0.0123. The fourth-order valence-electron chi connectivity index (χ4n) is 2.88. The van der Waals surface area contributed by atoms with Gasteiger partial charge in [0.1, 0.15) is 11.6 Å². The van der Waals surface area contributed by atoms with Crippen molar-refractivity contribution in [2.75, 3.05) is 18.0 Å². The number of hydrogen-bond donors (Lipinski definition) is 0. The number of amides is 1. The summed E-state index contributed by atoms with van der Waals surface area (Å²) < 4.78 is 27.1. The third-order valence-electron chi connectivity index (χ3n) is 4.33. The minimum atomic E-state index is -0.515. The van der Waals surface area contributed by atoms with E-state index >= 15 is 0 Å². The van der Waals surface area contributed by atoms with Crippen LogP contribution >= 0.6 is 11.6 Å². The first-order chi connectivity index (χ1) is 11.5. The Bertz CT molecular complexity index is 768. The Morgan fingerprint density at radius 2 is 1.88 bits per heavy atom. The highest BCUT2D eigenvalue weighted by atomic mass is 35.5. The first kappa shape index (κ1) is 16.9. The molecule has 3 rings (SSSR count). The lowest BCUT2D eigenvalue weighted by Gasteiger charge is -2.39. The van der Waals surface area contributed by atoms with Gasteiger partial charge in [0.25, 0.3) is 0 Å². The monoisotopic (exact) mass is 350 g/mol. The van der Waals surface area contributed by atoms with E-state index in [1.54, 1.807) is 36.1 Å². The summed E-state index contributed by atoms with van der Waals surface area (Å²) in [7, 11) is 0. The molecule has 0 saturated carbocycles. The van der Waals surface area contributed by atoms with Crippen molar-refractivity contribution in [3.63, 3.8) is 0 Å². The summed E-state index contributed by atoms with van der Waals surface area (Å²) in [6, 6.07) is 10.4. The average molecular weight is 351 g/mol. The van der Waals surface area contributed by atoms with Crippen molar-refractivity contribution in [2.24, 2.45) is 0 Å². The van der Waals surface area contributed by atoms with Crippen LogP contribution in [0.2, 0.25) is 5.02 Å². The summed E-state index contributed by atoms with van der Waals surface area (Å²) in [6.07, 6.45) is 0. The number of halogens is 3. The molecule has 1 aliphatic rings. The van der Waals surface area contributed by atoms with Gasteiger partial charge >= 0.3 is 0 Å². The van der Waals surface area contributed by atoms with Gasteiger partial charge in [-0.3, -0.25) is 9.69 Å². The molecule has 2 aromatic carbocycles. The summed E-state index contributed by atoms with van der Waals surface area (Å²) in [5.74, 6) is -0.899. The largest absolute Gasteiger partial charge is 0.310 e. The van der Waals surface area contributed by atoms with Crippen molar-refractivity contribution in [1.82, 2.24) is 4.90 Å². The highest BCUT2D eigenvalue weighted by Gasteiger charge is 2.32. The zero-order valence-electron chi connectivity index (χ0n) is 13.2. The Morgan fingerprint density at radius 1 is 1.12 bits per heavy atom. The number of hydrogen-bond acceptors (Lipinski definition) is 2. The predicted octanol–water partition coefficient (Wildman–Crippen LogP) is 3.86. The second-order valence-corrected chi connectivity index (χ2v) is 6.23. The summed E-state index contributed by atoms with van der Waals surface area (Å²) in [4.78, 5) is 16.2. The van der Waals surface area contributed by atoms with E-state index in [0.29, 0.717) is 30.9 Å². The van der Waals surface area contributed by atoms with Crippen molar-refractivity contribution >= 4 is 23.2 Å². The first-order valence-electron chi connectivity index (χ1n) is 7.71. The molecule has 6 heteroatoms. The Kier molecular flexibility index (Phi) is 4.83. The lowest BCUT2D eigenvalue weighted by molar-refractivity contribution is -0.125. The zero-order chi connectivity index (χ0) is 17.3. The third-order valence-corrected chi connectivity index (χ3v) is 4.62. The number of rotatable bonds is 3. The average Bonchev–Trinajstić information content (AvgIpc) is 2.57. The van der Waals surface area contributed by atoms with Crippen LogP contribution in [0.15, 0.2) is 42.5 Å². The fraction of sp³-hybridized carbons (Fsp3) is 0.278. The van der Waals surface area contributed by atoms with Crippen LogP contribution in [0.25, 0.3) is 0 Å². The number of carbonyl (C=O) groups excluding carboxylic acids is 1. The predicted molar refractivity (Wildman–Crippen MR) is 90.0 cm³/mol. The van der Waals surface area contributed by atoms with Crippen molar-refractivity contribution < 1.29 is 13.6 Å². The lowest BCUT2D eigenvalue weighted by atomic mass is 10.1. The Morgan fingerprint density at radius 3 is 2.58 bits per heavy atom. The van der Waals surface area contributed by atoms with Gasteiger partial charge < -0.3 is 4.90 Å². The van der Waals surface area contributed by atoms with E-state index in [4.69, 9.17) is 11.6 Å². The Hall–Kier alpha value is -1.98. The molecule has 0 N–H and O–H groups in total. The van der Waals surface area contributed by atoms with Crippen molar-refractivity contribution in [3.8, 4) is 0 Å². The molecular weight excluding hydrogens is 334 g/mol. The maximum Gasteiger partial charge on any atom is 0.244 e. The summed E-state index contributed by atoms with van der Waals surface area (Å²) >= 11 is 5.81. The minimum absolute atomic E-state index is 0.0123. The number of piperazine rings is 1. The van der Waals surface area contributed by atoms with Gasteiger partial charge in [-0.15, -0.1) is 0 Å². The summed E-state index contributed by atoms with van der Waals surface area (Å²) in [5.41, 5.74) is 1.14. The SMILES string of the molecule is C[C@H]1C(=O)N(c2ccc(F)c(Cl)c2)CCN1Cc1ccccc1F. The molecule has 3 nitrogen and oxygen atoms in total. The Balaban J connectivity index is 1.76. The van der Waals surface area contributed by atoms with Crippen LogP contribution in [0.5, 0.6) is 0 Å². The van der Waals surface area contributed by atoms with Gasteiger partial charge in [0.05, 0.1) is 11.1 Å². The molecule has 0 aliphatic carbocycles. The number of nitrogens with zero attached hydrogens (tertiary/aromatic N) is 2. The van der Waals surface area contributed by atoms with Gasteiger partial charge in [-0.2, -0.15) is 0 Å². The standard InChI is InChI=1S/C18H17ClF2N2O/c1-12-18(24)23(14-6-7-17(21)15(19)10-14)9-8-22(12)11-13-4-2-3-5-16(13)20/h2-7,10,12H,8-9,11H2,1H3/t12-/m0/s1. The van der Waals surface area contributed by atoms with Gasteiger partial charge in [-0.05, 0) is 31.2 Å². The molecule has 1 aliphatic heterocycles. The van der Waals surface area contributed by atoms with E-state index in [1.807, 2.05) is 4.90 Å². The molecule has 0 radical (unpaired) electrons. The van der Waals surface area contributed by atoms with Gasteiger partial charge in [-0.25, -0.2) is 8.78 Å². The first-order valence-corrected chi connectivity index (χ1v) is 8.09. The number of anilines is 1. The van der Waals surface area contributed by atoms with E-state index < -0.39 is 11.9 Å². The second kappa shape index (κ2) is 6.87. The number of carbonyl (C=O) groups is 1. The van der Waals surface area contributed by atoms with Gasteiger partial charge in [-0.1, -0.05) is 29.8 Å². The molecule has 0 unspecified atom stereocenters. The van der Waals surface area contributed by atoms with Crippen LogP contribution in [0, 0.1) is 11.6 Å². The molecule has 2 aromatic rings. The van der Waals surface area contributed by atoms with Gasteiger partial charge in [0.2, 0.25) is 5.91 Å². The van der Waals surface area contributed by atoms with Gasteiger partial charge in [0.15, 0.2) is 0 Å². The van der Waals surface area contributed by atoms with Crippen LogP contribution < -0.4 is 4.90 Å². The maximum absolute atomic E-state index is 13.8. The molecule has 1 amide bonds. The maximum atomic E-state index is 13.8. The fourth-order valence-corrected chi connectivity index (χ4v) is 3.06. The van der Waals surface area contributed by atoms with Crippen LogP contribution in [-0.2, 0) is 11.3 Å². The lowest BCUT2D eigenvalue weighted by Crippen LogP contribution is -2.55. The van der Waals surface area contributed by atoms with Crippen LogP contribution in [0.3, 0.4) is 0 Å². The van der Waals surface area contributed by atoms with Crippen molar-refractivity contribution in [2.45, 2.75) is 19.5 Å². The van der Waals surface area contributed by atoms with Crippen molar-refractivity contribution in [1.29, 1.82) is 0 Å². The second-order valence-electron chi connectivity index (χ2n) is 5.83. The molecule has 1 heterocycles. The van der Waals surface area contributed by atoms with Gasteiger partial charge in [0, 0.05) is 30.9 Å². The highest BCUT2D eigenvalue weighted by molar-refractivity contribution is 6.31. The smallest absolute Gasteiger partial charge is 0.244 e. The quantitative estimate of drug-likeness (QED) is 0.839. The number of benzene rings is 2. The Labute approximate surface area is 144 Å². The topological polar surface area (TPSA) is 23.6 Å². The van der Waals surface area contributed by atoms with E-state index in [1.165, 1.54) is 18.2 Å².